The van der Waals surface area contributed by atoms with E-state index in [1.54, 1.807) is 0 Å². The number of likely N-dealkylation sites (tertiary alicyclic amines) is 1. The minimum absolute atomic E-state index is 0.466. The molecule has 0 amide bonds. The number of hydrogen-bond acceptors (Lipinski definition) is 2. The van der Waals surface area contributed by atoms with Crippen LogP contribution in [0.25, 0.3) is 0 Å². The maximum absolute atomic E-state index is 3.65. The molecule has 1 aliphatic heterocycles. The SMILES string of the molecule is CC(C)NCC1CCCN(C2CCCCC2C(C)(C)C)C1. The monoisotopic (exact) mass is 294 g/mol. The second kappa shape index (κ2) is 7.46. The van der Waals surface area contributed by atoms with E-state index in [-0.39, 0.29) is 0 Å². The summed E-state index contributed by atoms with van der Waals surface area (Å²) in [5.41, 5.74) is 0.466. The van der Waals surface area contributed by atoms with Crippen LogP contribution in [0, 0.1) is 17.3 Å². The first kappa shape index (κ1) is 17.3. The molecule has 2 nitrogen and oxygen atoms in total. The standard InChI is InChI=1S/C19H38N2/c1-15(2)20-13-16-9-8-12-21(14-16)18-11-7-6-10-17(18)19(3,4)5/h15-18,20H,6-14H2,1-5H3. The first-order valence-electron chi connectivity index (χ1n) is 9.35. The lowest BCUT2D eigenvalue weighted by molar-refractivity contribution is 0.0165. The summed E-state index contributed by atoms with van der Waals surface area (Å²) in [6.45, 7) is 15.8. The Labute approximate surface area is 133 Å². The summed E-state index contributed by atoms with van der Waals surface area (Å²) in [5, 5.41) is 3.65. The van der Waals surface area contributed by atoms with Gasteiger partial charge < -0.3 is 5.32 Å². The first-order chi connectivity index (χ1) is 9.88. The normalized spacial score (nSPS) is 32.6. The number of piperidine rings is 1. The van der Waals surface area contributed by atoms with Crippen LogP contribution in [0.15, 0.2) is 0 Å². The highest BCUT2D eigenvalue weighted by atomic mass is 15.2. The fourth-order valence-corrected chi connectivity index (χ4v) is 4.53. The van der Waals surface area contributed by atoms with Crippen molar-refractivity contribution < 1.29 is 0 Å². The van der Waals surface area contributed by atoms with Crippen LogP contribution in [0.5, 0.6) is 0 Å². The summed E-state index contributed by atoms with van der Waals surface area (Å²) in [6, 6.07) is 1.47. The van der Waals surface area contributed by atoms with Crippen molar-refractivity contribution in [3.8, 4) is 0 Å². The molecule has 0 aromatic heterocycles. The van der Waals surface area contributed by atoms with Crippen molar-refractivity contribution in [1.82, 2.24) is 10.2 Å². The summed E-state index contributed by atoms with van der Waals surface area (Å²) >= 11 is 0. The Bertz CT molecular complexity index is 305. The molecule has 0 spiro atoms. The Balaban J connectivity index is 1.95. The van der Waals surface area contributed by atoms with Gasteiger partial charge in [-0.3, -0.25) is 4.90 Å². The Morgan fingerprint density at radius 3 is 2.43 bits per heavy atom. The van der Waals surface area contributed by atoms with Crippen molar-refractivity contribution in [3.63, 3.8) is 0 Å². The van der Waals surface area contributed by atoms with Gasteiger partial charge in [0.25, 0.3) is 0 Å². The average molecular weight is 295 g/mol. The minimum Gasteiger partial charge on any atom is -0.314 e. The number of rotatable bonds is 4. The molecule has 1 saturated carbocycles. The minimum atomic E-state index is 0.466. The fourth-order valence-electron chi connectivity index (χ4n) is 4.53. The molecule has 21 heavy (non-hydrogen) atoms. The van der Waals surface area contributed by atoms with E-state index in [9.17, 15) is 0 Å². The van der Waals surface area contributed by atoms with Crippen LogP contribution in [0.4, 0.5) is 0 Å². The molecule has 2 heteroatoms. The van der Waals surface area contributed by atoms with Gasteiger partial charge in [0.05, 0.1) is 0 Å². The maximum atomic E-state index is 3.65. The van der Waals surface area contributed by atoms with Gasteiger partial charge in [0.15, 0.2) is 0 Å². The molecule has 0 bridgehead atoms. The van der Waals surface area contributed by atoms with Crippen LogP contribution in [-0.4, -0.2) is 36.6 Å². The van der Waals surface area contributed by atoms with Gasteiger partial charge in [-0.2, -0.15) is 0 Å². The zero-order valence-electron chi connectivity index (χ0n) is 15.1. The highest BCUT2D eigenvalue weighted by Crippen LogP contribution is 2.41. The average Bonchev–Trinajstić information content (AvgIpc) is 2.44. The predicted molar refractivity (Wildman–Crippen MR) is 92.6 cm³/mol. The van der Waals surface area contributed by atoms with Crippen LogP contribution in [0.3, 0.4) is 0 Å². The lowest BCUT2D eigenvalue weighted by Crippen LogP contribution is -2.51. The van der Waals surface area contributed by atoms with E-state index >= 15 is 0 Å². The Morgan fingerprint density at radius 2 is 1.76 bits per heavy atom. The van der Waals surface area contributed by atoms with Crippen molar-refractivity contribution in [2.24, 2.45) is 17.3 Å². The number of nitrogens with one attached hydrogen (secondary N) is 1. The van der Waals surface area contributed by atoms with Gasteiger partial charge in [-0.1, -0.05) is 47.5 Å². The molecule has 3 atom stereocenters. The van der Waals surface area contributed by atoms with Gasteiger partial charge in [-0.15, -0.1) is 0 Å². The Kier molecular flexibility index (Phi) is 6.14. The molecule has 1 N–H and O–H groups in total. The van der Waals surface area contributed by atoms with Gasteiger partial charge in [-0.05, 0) is 56.0 Å². The van der Waals surface area contributed by atoms with Gasteiger partial charge >= 0.3 is 0 Å². The third kappa shape index (κ3) is 4.96. The summed E-state index contributed by atoms with van der Waals surface area (Å²) in [6.07, 6.45) is 8.60. The third-order valence-electron chi connectivity index (χ3n) is 5.68. The molecule has 1 aliphatic carbocycles. The van der Waals surface area contributed by atoms with E-state index in [1.807, 2.05) is 0 Å². The van der Waals surface area contributed by atoms with Crippen molar-refractivity contribution in [1.29, 1.82) is 0 Å². The van der Waals surface area contributed by atoms with Crippen molar-refractivity contribution in [2.45, 2.75) is 85.2 Å². The van der Waals surface area contributed by atoms with Crippen molar-refractivity contribution >= 4 is 0 Å². The predicted octanol–water partition coefficient (Wildman–Crippen LogP) is 4.30. The quantitative estimate of drug-likeness (QED) is 0.831. The zero-order chi connectivity index (χ0) is 15.5. The molecule has 2 aliphatic rings. The maximum Gasteiger partial charge on any atom is 0.0129 e. The number of hydrogen-bond donors (Lipinski definition) is 1. The van der Waals surface area contributed by atoms with Crippen LogP contribution < -0.4 is 5.32 Å². The summed E-state index contributed by atoms with van der Waals surface area (Å²) in [4.78, 5) is 2.87. The largest absolute Gasteiger partial charge is 0.314 e. The molecule has 2 rings (SSSR count). The molecule has 0 radical (unpaired) electrons. The van der Waals surface area contributed by atoms with Crippen molar-refractivity contribution in [3.05, 3.63) is 0 Å². The highest BCUT2D eigenvalue weighted by Gasteiger charge is 2.38. The molecule has 0 aromatic rings. The zero-order valence-corrected chi connectivity index (χ0v) is 15.1. The third-order valence-corrected chi connectivity index (χ3v) is 5.68. The summed E-state index contributed by atoms with van der Waals surface area (Å²) in [5.74, 6) is 1.76. The van der Waals surface area contributed by atoms with Crippen LogP contribution in [0.2, 0.25) is 0 Å². The second-order valence-corrected chi connectivity index (χ2v) is 8.89. The molecule has 2 fully saturated rings. The molecule has 1 heterocycles. The van der Waals surface area contributed by atoms with Gasteiger partial charge in [0, 0.05) is 18.6 Å². The van der Waals surface area contributed by atoms with Crippen LogP contribution in [-0.2, 0) is 0 Å². The van der Waals surface area contributed by atoms with E-state index in [1.165, 1.54) is 58.2 Å². The van der Waals surface area contributed by atoms with Gasteiger partial charge in [0.1, 0.15) is 0 Å². The summed E-state index contributed by atoms with van der Waals surface area (Å²) in [7, 11) is 0. The Hall–Kier alpha value is -0.0800. The lowest BCUT2D eigenvalue weighted by Gasteiger charge is -2.48. The molecule has 1 saturated heterocycles. The fraction of sp³-hybridized carbons (Fsp3) is 1.00. The van der Waals surface area contributed by atoms with E-state index in [0.29, 0.717) is 11.5 Å². The highest BCUT2D eigenvalue weighted by molar-refractivity contribution is 4.91. The molecule has 124 valence electrons. The topological polar surface area (TPSA) is 15.3 Å². The Morgan fingerprint density at radius 1 is 1.05 bits per heavy atom. The van der Waals surface area contributed by atoms with E-state index in [2.05, 4.69) is 44.8 Å². The van der Waals surface area contributed by atoms with Gasteiger partial charge in [0.2, 0.25) is 0 Å². The molecular weight excluding hydrogens is 256 g/mol. The molecular formula is C19H38N2. The van der Waals surface area contributed by atoms with Gasteiger partial charge in [-0.25, -0.2) is 0 Å². The smallest absolute Gasteiger partial charge is 0.0129 e. The second-order valence-electron chi connectivity index (χ2n) is 8.89. The summed E-state index contributed by atoms with van der Waals surface area (Å²) < 4.78 is 0. The van der Waals surface area contributed by atoms with E-state index in [0.717, 1.165) is 17.9 Å². The van der Waals surface area contributed by atoms with E-state index < -0.39 is 0 Å². The number of nitrogens with zero attached hydrogens (tertiary/aromatic N) is 1. The molecule has 0 aromatic carbocycles. The van der Waals surface area contributed by atoms with Crippen LogP contribution in [0.1, 0.15) is 73.1 Å². The molecule has 3 unspecified atom stereocenters. The van der Waals surface area contributed by atoms with Crippen molar-refractivity contribution in [2.75, 3.05) is 19.6 Å². The van der Waals surface area contributed by atoms with E-state index in [4.69, 9.17) is 0 Å². The first-order valence-corrected chi connectivity index (χ1v) is 9.35. The lowest BCUT2D eigenvalue weighted by atomic mass is 9.68. The van der Waals surface area contributed by atoms with Crippen LogP contribution >= 0.6 is 0 Å².